The van der Waals surface area contributed by atoms with Gasteiger partial charge in [0, 0.05) is 10.8 Å². The largest absolute Gasteiger partial charge is 0.301 e. The van der Waals surface area contributed by atoms with E-state index in [0.29, 0.717) is 27.0 Å². The van der Waals surface area contributed by atoms with Gasteiger partial charge in [-0.25, -0.2) is 9.67 Å². The van der Waals surface area contributed by atoms with Crippen LogP contribution in [0, 0.1) is 0 Å². The molecule has 0 unspecified atom stereocenters. The molecule has 106 valence electrons. The van der Waals surface area contributed by atoms with Crippen molar-refractivity contribution in [3.05, 3.63) is 58.5 Å². The molecule has 1 aromatic carbocycles. The highest BCUT2D eigenvalue weighted by molar-refractivity contribution is 7.99. The van der Waals surface area contributed by atoms with Crippen LogP contribution >= 0.6 is 23.4 Å². The summed E-state index contributed by atoms with van der Waals surface area (Å²) in [6.07, 6.45) is 3.26. The lowest BCUT2D eigenvalue weighted by molar-refractivity contribution is 0.873. The first kappa shape index (κ1) is 13.9. The highest BCUT2D eigenvalue weighted by Gasteiger charge is 2.11. The molecule has 3 aromatic rings. The molecule has 0 atom stereocenters. The summed E-state index contributed by atoms with van der Waals surface area (Å²) in [5.41, 5.74) is 1.06. The monoisotopic (exact) mass is 318 g/mol. The fourth-order valence-corrected chi connectivity index (χ4v) is 2.68. The Kier molecular flexibility index (Phi) is 3.81. The van der Waals surface area contributed by atoms with Gasteiger partial charge in [-0.05, 0) is 18.2 Å². The van der Waals surface area contributed by atoms with E-state index in [0.717, 1.165) is 5.69 Å². The van der Waals surface area contributed by atoms with Crippen molar-refractivity contribution in [3.63, 3.8) is 0 Å². The van der Waals surface area contributed by atoms with Crippen molar-refractivity contribution >= 4 is 34.4 Å². The van der Waals surface area contributed by atoms with Crippen LogP contribution in [0.1, 0.15) is 0 Å². The minimum Gasteiger partial charge on any atom is -0.301 e. The van der Waals surface area contributed by atoms with Gasteiger partial charge in [-0.15, -0.1) is 6.58 Å². The predicted molar refractivity (Wildman–Crippen MR) is 85.4 cm³/mol. The number of rotatable bonds is 4. The average Bonchev–Trinajstić information content (AvgIpc) is 2.89. The van der Waals surface area contributed by atoms with E-state index in [1.54, 1.807) is 22.9 Å². The number of H-pyrrole nitrogens is 1. The van der Waals surface area contributed by atoms with Crippen LogP contribution in [-0.4, -0.2) is 25.5 Å². The van der Waals surface area contributed by atoms with Crippen molar-refractivity contribution in [1.82, 2.24) is 19.7 Å². The lowest BCUT2D eigenvalue weighted by atomic mass is 10.3. The van der Waals surface area contributed by atoms with E-state index in [2.05, 4.69) is 21.6 Å². The van der Waals surface area contributed by atoms with E-state index in [1.807, 2.05) is 12.1 Å². The first-order valence-corrected chi connectivity index (χ1v) is 7.53. The van der Waals surface area contributed by atoms with E-state index in [-0.39, 0.29) is 5.56 Å². The Balaban J connectivity index is 2.18. The molecule has 3 rings (SSSR count). The first-order chi connectivity index (χ1) is 10.2. The van der Waals surface area contributed by atoms with Gasteiger partial charge in [-0.2, -0.15) is 5.10 Å². The summed E-state index contributed by atoms with van der Waals surface area (Å²) >= 11 is 7.41. The summed E-state index contributed by atoms with van der Waals surface area (Å²) in [6, 6.07) is 7.24. The van der Waals surface area contributed by atoms with Gasteiger partial charge in [0.25, 0.3) is 5.56 Å². The number of hydrogen-bond donors (Lipinski definition) is 1. The molecule has 7 heteroatoms. The van der Waals surface area contributed by atoms with E-state index < -0.39 is 0 Å². The van der Waals surface area contributed by atoms with Gasteiger partial charge in [-0.3, -0.25) is 4.79 Å². The molecule has 0 saturated heterocycles. The average molecular weight is 319 g/mol. The molecular formula is C14H11ClN4OS. The quantitative estimate of drug-likeness (QED) is 0.456. The number of aromatic amines is 1. The standard InChI is InChI=1S/C14H11ClN4OS/c1-2-6-21-14-17-12-11(13(20)18-14)8-16-19(12)10-5-3-4-9(15)7-10/h2-5,7-8H,1,6H2,(H,17,18,20). The Bertz CT molecular complexity index is 871. The lowest BCUT2D eigenvalue weighted by Crippen LogP contribution is -2.09. The summed E-state index contributed by atoms with van der Waals surface area (Å²) in [4.78, 5) is 19.2. The van der Waals surface area contributed by atoms with Gasteiger partial charge in [-0.1, -0.05) is 35.5 Å². The van der Waals surface area contributed by atoms with Crippen LogP contribution in [0.25, 0.3) is 16.7 Å². The molecule has 0 aliphatic carbocycles. The third kappa shape index (κ3) is 2.72. The Morgan fingerprint density at radius 3 is 3.10 bits per heavy atom. The highest BCUT2D eigenvalue weighted by atomic mass is 35.5. The lowest BCUT2D eigenvalue weighted by Gasteiger charge is -2.04. The maximum atomic E-state index is 12.1. The Morgan fingerprint density at radius 1 is 1.48 bits per heavy atom. The van der Waals surface area contributed by atoms with Crippen molar-refractivity contribution < 1.29 is 0 Å². The third-order valence-corrected chi connectivity index (χ3v) is 3.91. The van der Waals surface area contributed by atoms with Gasteiger partial charge in [0.2, 0.25) is 0 Å². The summed E-state index contributed by atoms with van der Waals surface area (Å²) < 4.78 is 1.61. The van der Waals surface area contributed by atoms with E-state index in [1.165, 1.54) is 18.0 Å². The van der Waals surface area contributed by atoms with Crippen LogP contribution in [0.15, 0.2) is 53.1 Å². The molecule has 0 fully saturated rings. The van der Waals surface area contributed by atoms with Gasteiger partial charge in [0.1, 0.15) is 5.39 Å². The van der Waals surface area contributed by atoms with E-state index in [4.69, 9.17) is 11.6 Å². The number of nitrogens with one attached hydrogen (secondary N) is 1. The Morgan fingerprint density at radius 2 is 2.33 bits per heavy atom. The third-order valence-electron chi connectivity index (χ3n) is 2.81. The van der Waals surface area contributed by atoms with Crippen LogP contribution in [0.4, 0.5) is 0 Å². The minimum absolute atomic E-state index is 0.208. The zero-order chi connectivity index (χ0) is 14.8. The second-order valence-corrected chi connectivity index (χ2v) is 5.69. The van der Waals surface area contributed by atoms with Gasteiger partial charge in [0.15, 0.2) is 10.8 Å². The van der Waals surface area contributed by atoms with E-state index in [9.17, 15) is 4.79 Å². The summed E-state index contributed by atoms with van der Waals surface area (Å²) in [7, 11) is 0. The zero-order valence-electron chi connectivity index (χ0n) is 10.9. The topological polar surface area (TPSA) is 63.6 Å². The molecule has 0 aliphatic heterocycles. The van der Waals surface area contributed by atoms with Crippen LogP contribution in [0.5, 0.6) is 0 Å². The van der Waals surface area contributed by atoms with E-state index >= 15 is 0 Å². The molecular weight excluding hydrogens is 308 g/mol. The van der Waals surface area contributed by atoms with Crippen LogP contribution < -0.4 is 5.56 Å². The second-order valence-electron chi connectivity index (χ2n) is 4.24. The number of thioether (sulfide) groups is 1. The summed E-state index contributed by atoms with van der Waals surface area (Å²) in [5, 5.41) is 5.81. The van der Waals surface area contributed by atoms with Crippen LogP contribution in [0.3, 0.4) is 0 Å². The number of fused-ring (bicyclic) bond motifs is 1. The Hall–Kier alpha value is -2.05. The molecule has 0 amide bonds. The summed E-state index contributed by atoms with van der Waals surface area (Å²) in [5.74, 6) is 0.666. The smallest absolute Gasteiger partial charge is 0.262 e. The van der Waals surface area contributed by atoms with Gasteiger partial charge in [0.05, 0.1) is 11.9 Å². The highest BCUT2D eigenvalue weighted by Crippen LogP contribution is 2.19. The predicted octanol–water partition coefficient (Wildman–Crippen LogP) is 3.04. The molecule has 0 bridgehead atoms. The van der Waals surface area contributed by atoms with Gasteiger partial charge >= 0.3 is 0 Å². The van der Waals surface area contributed by atoms with Crippen LogP contribution in [0.2, 0.25) is 5.02 Å². The molecule has 1 N–H and O–H groups in total. The molecule has 0 radical (unpaired) electrons. The molecule has 2 aromatic heterocycles. The second kappa shape index (κ2) is 5.75. The number of aromatic nitrogens is 4. The fourth-order valence-electron chi connectivity index (χ4n) is 1.90. The zero-order valence-corrected chi connectivity index (χ0v) is 12.5. The normalized spacial score (nSPS) is 10.9. The number of benzene rings is 1. The molecule has 5 nitrogen and oxygen atoms in total. The molecule has 0 saturated carbocycles. The maximum absolute atomic E-state index is 12.1. The molecule has 21 heavy (non-hydrogen) atoms. The molecule has 2 heterocycles. The fraction of sp³-hybridized carbons (Fsp3) is 0.0714. The first-order valence-electron chi connectivity index (χ1n) is 6.17. The number of hydrogen-bond acceptors (Lipinski definition) is 4. The van der Waals surface area contributed by atoms with Crippen molar-refractivity contribution in [2.45, 2.75) is 5.16 Å². The Labute approximate surface area is 129 Å². The van der Waals surface area contributed by atoms with Crippen LogP contribution in [-0.2, 0) is 0 Å². The molecule has 0 aliphatic rings. The minimum atomic E-state index is -0.208. The van der Waals surface area contributed by atoms with Crippen molar-refractivity contribution in [2.24, 2.45) is 0 Å². The molecule has 0 spiro atoms. The van der Waals surface area contributed by atoms with Crippen molar-refractivity contribution in [1.29, 1.82) is 0 Å². The van der Waals surface area contributed by atoms with Crippen molar-refractivity contribution in [3.8, 4) is 5.69 Å². The maximum Gasteiger partial charge on any atom is 0.262 e. The number of halogens is 1. The SMILES string of the molecule is C=CCSc1nc2c(cnn2-c2cccc(Cl)c2)c(=O)[nH]1. The van der Waals surface area contributed by atoms with Gasteiger partial charge < -0.3 is 4.98 Å². The summed E-state index contributed by atoms with van der Waals surface area (Å²) in [6.45, 7) is 3.65. The van der Waals surface area contributed by atoms with Crippen molar-refractivity contribution in [2.75, 3.05) is 5.75 Å². The number of nitrogens with zero attached hydrogens (tertiary/aromatic N) is 3.